The maximum absolute atomic E-state index is 13.4. The summed E-state index contributed by atoms with van der Waals surface area (Å²) in [5.41, 5.74) is 1.37. The van der Waals surface area contributed by atoms with Crippen molar-refractivity contribution in [2.24, 2.45) is 5.41 Å². The van der Waals surface area contributed by atoms with Crippen molar-refractivity contribution in [1.29, 1.82) is 0 Å². The zero-order valence-corrected chi connectivity index (χ0v) is 15.9. The van der Waals surface area contributed by atoms with Gasteiger partial charge in [-0.1, -0.05) is 32.9 Å². The Morgan fingerprint density at radius 1 is 1.07 bits per heavy atom. The smallest absolute Gasteiger partial charge is 0.232 e. The molecule has 146 valence electrons. The molecule has 1 unspecified atom stereocenters. The zero-order valence-electron chi connectivity index (χ0n) is 15.9. The van der Waals surface area contributed by atoms with E-state index in [1.165, 1.54) is 18.2 Å². The number of carbonyl (C=O) groups excluding carboxylic acids is 3. The van der Waals surface area contributed by atoms with Gasteiger partial charge in [0.1, 0.15) is 5.82 Å². The number of fused-ring (bicyclic) bond motifs is 1. The summed E-state index contributed by atoms with van der Waals surface area (Å²) in [7, 11) is 0. The summed E-state index contributed by atoms with van der Waals surface area (Å²) in [4.78, 5) is 36.8. The van der Waals surface area contributed by atoms with Crippen LogP contribution in [0.2, 0.25) is 0 Å². The van der Waals surface area contributed by atoms with Crippen LogP contribution in [0.25, 0.3) is 0 Å². The van der Waals surface area contributed by atoms with Gasteiger partial charge in [0.25, 0.3) is 0 Å². The van der Waals surface area contributed by atoms with Gasteiger partial charge in [0.2, 0.25) is 17.7 Å². The number of hydrogen-bond donors (Lipinski definition) is 3. The van der Waals surface area contributed by atoms with Crippen LogP contribution in [0, 0.1) is 11.2 Å². The molecule has 7 heteroatoms. The lowest BCUT2D eigenvalue weighted by Crippen LogP contribution is -2.31. The number of nitrogens with one attached hydrogen (secondary N) is 3. The summed E-state index contributed by atoms with van der Waals surface area (Å²) >= 11 is 0. The third kappa shape index (κ3) is 4.36. The summed E-state index contributed by atoms with van der Waals surface area (Å²) in [5, 5.41) is 8.17. The molecule has 0 fully saturated rings. The highest BCUT2D eigenvalue weighted by Crippen LogP contribution is 2.33. The number of benzene rings is 2. The fraction of sp³-hybridized carbons (Fsp3) is 0.286. The highest BCUT2D eigenvalue weighted by Gasteiger charge is 2.31. The van der Waals surface area contributed by atoms with Crippen molar-refractivity contribution in [1.82, 2.24) is 0 Å². The van der Waals surface area contributed by atoms with E-state index in [0.717, 1.165) is 0 Å². The van der Waals surface area contributed by atoms with Crippen molar-refractivity contribution in [2.45, 2.75) is 33.1 Å². The van der Waals surface area contributed by atoms with Gasteiger partial charge in [-0.3, -0.25) is 14.4 Å². The van der Waals surface area contributed by atoms with E-state index >= 15 is 0 Å². The number of hydrogen-bond acceptors (Lipinski definition) is 3. The Hall–Kier alpha value is -3.22. The predicted molar refractivity (Wildman–Crippen MR) is 106 cm³/mol. The SMILES string of the molecule is CC(C)(C)C(=O)Nc1cccc(NC(=O)C2CC(=O)Nc3cc(F)ccc32)c1. The number of anilines is 3. The van der Waals surface area contributed by atoms with Gasteiger partial charge in [-0.15, -0.1) is 0 Å². The summed E-state index contributed by atoms with van der Waals surface area (Å²) in [6.45, 7) is 5.42. The average molecular weight is 383 g/mol. The predicted octanol–water partition coefficient (Wildman–Crippen LogP) is 3.87. The Bertz CT molecular complexity index is 950. The van der Waals surface area contributed by atoms with Crippen LogP contribution >= 0.6 is 0 Å². The minimum Gasteiger partial charge on any atom is -0.326 e. The van der Waals surface area contributed by atoms with Crippen LogP contribution < -0.4 is 16.0 Å². The molecule has 1 aliphatic rings. The largest absolute Gasteiger partial charge is 0.326 e. The highest BCUT2D eigenvalue weighted by atomic mass is 19.1. The van der Waals surface area contributed by atoms with Gasteiger partial charge < -0.3 is 16.0 Å². The first-order valence-electron chi connectivity index (χ1n) is 8.95. The van der Waals surface area contributed by atoms with E-state index in [9.17, 15) is 18.8 Å². The van der Waals surface area contributed by atoms with Crippen molar-refractivity contribution in [3.05, 3.63) is 53.8 Å². The van der Waals surface area contributed by atoms with Crippen LogP contribution in [-0.2, 0) is 14.4 Å². The molecule has 0 saturated heterocycles. The monoisotopic (exact) mass is 383 g/mol. The molecule has 1 aliphatic heterocycles. The first-order chi connectivity index (χ1) is 13.1. The molecule has 3 N–H and O–H groups in total. The number of rotatable bonds is 3. The summed E-state index contributed by atoms with van der Waals surface area (Å²) < 4.78 is 13.4. The Morgan fingerprint density at radius 3 is 2.43 bits per heavy atom. The quantitative estimate of drug-likeness (QED) is 0.752. The van der Waals surface area contributed by atoms with Crippen molar-refractivity contribution in [3.63, 3.8) is 0 Å². The molecule has 1 heterocycles. The molecular formula is C21H22FN3O3. The van der Waals surface area contributed by atoms with Gasteiger partial charge in [-0.2, -0.15) is 0 Å². The summed E-state index contributed by atoms with van der Waals surface area (Å²) in [6, 6.07) is 10.8. The van der Waals surface area contributed by atoms with Crippen LogP contribution in [0.15, 0.2) is 42.5 Å². The molecule has 2 aromatic rings. The third-order valence-corrected chi connectivity index (χ3v) is 4.44. The van der Waals surface area contributed by atoms with Crippen molar-refractivity contribution in [3.8, 4) is 0 Å². The second-order valence-electron chi connectivity index (χ2n) is 7.81. The van der Waals surface area contributed by atoms with E-state index in [-0.39, 0.29) is 24.1 Å². The molecule has 0 bridgehead atoms. The van der Waals surface area contributed by atoms with Gasteiger partial charge in [-0.05, 0) is 35.9 Å². The zero-order chi connectivity index (χ0) is 20.5. The van der Waals surface area contributed by atoms with E-state index in [4.69, 9.17) is 0 Å². The van der Waals surface area contributed by atoms with Gasteiger partial charge >= 0.3 is 0 Å². The maximum atomic E-state index is 13.4. The number of carbonyl (C=O) groups is 3. The van der Waals surface area contributed by atoms with E-state index in [0.29, 0.717) is 22.6 Å². The summed E-state index contributed by atoms with van der Waals surface area (Å²) in [5.74, 6) is -2.07. The molecular weight excluding hydrogens is 361 g/mol. The molecule has 0 aliphatic carbocycles. The Labute approximate surface area is 162 Å². The standard InChI is InChI=1S/C21H22FN3O3/c1-21(2,3)20(28)24-14-6-4-5-13(10-14)23-19(27)16-11-18(26)25-17-9-12(22)7-8-15(16)17/h4-10,16H,11H2,1-3H3,(H,23,27)(H,24,28)(H,25,26). The van der Waals surface area contributed by atoms with E-state index < -0.39 is 17.2 Å². The first-order valence-corrected chi connectivity index (χ1v) is 8.95. The fourth-order valence-corrected chi connectivity index (χ4v) is 2.89. The topological polar surface area (TPSA) is 87.3 Å². The molecule has 0 radical (unpaired) electrons. The van der Waals surface area contributed by atoms with Crippen molar-refractivity contribution in [2.75, 3.05) is 16.0 Å². The van der Waals surface area contributed by atoms with Crippen LogP contribution in [0.1, 0.15) is 38.7 Å². The lowest BCUT2D eigenvalue weighted by atomic mass is 9.89. The minimum absolute atomic E-state index is 0.0229. The van der Waals surface area contributed by atoms with Crippen LogP contribution in [0.4, 0.5) is 21.5 Å². The highest BCUT2D eigenvalue weighted by molar-refractivity contribution is 6.05. The second-order valence-corrected chi connectivity index (χ2v) is 7.81. The molecule has 2 aromatic carbocycles. The normalized spacial score (nSPS) is 16.0. The minimum atomic E-state index is -0.725. The first kappa shape index (κ1) is 19.5. The Kier molecular flexibility index (Phi) is 5.18. The lowest BCUT2D eigenvalue weighted by molar-refractivity contribution is -0.123. The van der Waals surface area contributed by atoms with Gasteiger partial charge in [0.05, 0.1) is 5.92 Å². The Balaban J connectivity index is 1.78. The van der Waals surface area contributed by atoms with Gasteiger partial charge in [-0.25, -0.2) is 4.39 Å². The summed E-state index contributed by atoms with van der Waals surface area (Å²) in [6.07, 6.45) is -0.0229. The van der Waals surface area contributed by atoms with Crippen LogP contribution in [0.5, 0.6) is 0 Å². The van der Waals surface area contributed by atoms with Crippen LogP contribution in [-0.4, -0.2) is 17.7 Å². The molecule has 3 amide bonds. The average Bonchev–Trinajstić information content (AvgIpc) is 2.60. The van der Waals surface area contributed by atoms with E-state index in [2.05, 4.69) is 16.0 Å². The molecule has 0 saturated carbocycles. The molecule has 28 heavy (non-hydrogen) atoms. The van der Waals surface area contributed by atoms with Crippen molar-refractivity contribution < 1.29 is 18.8 Å². The van der Waals surface area contributed by atoms with Gasteiger partial charge in [0, 0.05) is 28.9 Å². The van der Waals surface area contributed by atoms with E-state index in [1.807, 2.05) is 20.8 Å². The second kappa shape index (κ2) is 7.42. The maximum Gasteiger partial charge on any atom is 0.232 e. The number of amides is 3. The van der Waals surface area contributed by atoms with Crippen molar-refractivity contribution >= 4 is 34.8 Å². The molecule has 0 spiro atoms. The Morgan fingerprint density at radius 2 is 1.75 bits per heavy atom. The third-order valence-electron chi connectivity index (χ3n) is 4.44. The molecule has 3 rings (SSSR count). The molecule has 0 aromatic heterocycles. The molecule has 6 nitrogen and oxygen atoms in total. The fourth-order valence-electron chi connectivity index (χ4n) is 2.89. The van der Waals surface area contributed by atoms with Crippen LogP contribution in [0.3, 0.4) is 0 Å². The van der Waals surface area contributed by atoms with E-state index in [1.54, 1.807) is 24.3 Å². The lowest BCUT2D eigenvalue weighted by Gasteiger charge is -2.25. The molecule has 1 atom stereocenters. The number of halogens is 1. The van der Waals surface area contributed by atoms with Gasteiger partial charge in [0.15, 0.2) is 0 Å².